The van der Waals surface area contributed by atoms with Gasteiger partial charge in [-0.15, -0.1) is 0 Å². The summed E-state index contributed by atoms with van der Waals surface area (Å²) in [5.41, 5.74) is 0.763. The number of nitrogens with zero attached hydrogens (tertiary/aromatic N) is 1. The summed E-state index contributed by atoms with van der Waals surface area (Å²) >= 11 is 0. The first-order valence-corrected chi connectivity index (χ1v) is 8.59. The lowest BCUT2D eigenvalue weighted by Gasteiger charge is -2.33. The second kappa shape index (κ2) is 8.88. The summed E-state index contributed by atoms with van der Waals surface area (Å²) in [6.07, 6.45) is -0.219. The highest BCUT2D eigenvalue weighted by molar-refractivity contribution is 5.89. The van der Waals surface area contributed by atoms with Crippen LogP contribution >= 0.6 is 0 Å². The number of nitrogens with one attached hydrogen (secondary N) is 2. The van der Waals surface area contributed by atoms with Crippen molar-refractivity contribution in [2.45, 2.75) is 12.6 Å². The lowest BCUT2D eigenvalue weighted by atomic mass is 10.2. The second-order valence-corrected chi connectivity index (χ2v) is 6.27. The molecule has 0 bridgehead atoms. The normalized spacial score (nSPS) is 17.5. The van der Waals surface area contributed by atoms with Gasteiger partial charge in [0.25, 0.3) is 0 Å². The second-order valence-electron chi connectivity index (χ2n) is 6.27. The van der Waals surface area contributed by atoms with E-state index in [1.54, 1.807) is 0 Å². The highest BCUT2D eigenvalue weighted by Crippen LogP contribution is 2.19. The maximum atomic E-state index is 13.6. The van der Waals surface area contributed by atoms with E-state index in [1.807, 2.05) is 30.3 Å². The van der Waals surface area contributed by atoms with E-state index in [1.165, 1.54) is 5.56 Å². The van der Waals surface area contributed by atoms with Crippen molar-refractivity contribution in [1.29, 1.82) is 0 Å². The molecule has 0 radical (unpaired) electrons. The Labute approximate surface area is 155 Å². The molecule has 0 aliphatic carbocycles. The van der Waals surface area contributed by atoms with Gasteiger partial charge in [-0.2, -0.15) is 0 Å². The van der Waals surface area contributed by atoms with E-state index < -0.39 is 29.2 Å². The molecule has 8 heteroatoms. The molecule has 1 atom stereocenters. The summed E-state index contributed by atoms with van der Waals surface area (Å²) in [5.74, 6) is -4.37. The number of anilines is 1. The molecule has 1 aliphatic rings. The quantitative estimate of drug-likeness (QED) is 0.785. The van der Waals surface area contributed by atoms with Crippen LogP contribution in [0.4, 0.5) is 23.7 Å². The van der Waals surface area contributed by atoms with Gasteiger partial charge in [-0.3, -0.25) is 4.90 Å². The Hall–Kier alpha value is -2.58. The lowest BCUT2D eigenvalue weighted by Crippen LogP contribution is -2.47. The number of carbonyl (C=O) groups excluding carboxylic acids is 1. The molecule has 1 saturated heterocycles. The molecule has 2 aromatic rings. The maximum Gasteiger partial charge on any atom is 0.319 e. The first kappa shape index (κ1) is 19.2. The molecular formula is C19H20F3N3O2. The van der Waals surface area contributed by atoms with Crippen molar-refractivity contribution < 1.29 is 22.7 Å². The topological polar surface area (TPSA) is 53.6 Å². The molecule has 0 saturated carbocycles. The molecule has 1 fully saturated rings. The Morgan fingerprint density at radius 1 is 1.11 bits per heavy atom. The predicted molar refractivity (Wildman–Crippen MR) is 94.8 cm³/mol. The fraction of sp³-hybridized carbons (Fsp3) is 0.316. The van der Waals surface area contributed by atoms with E-state index in [-0.39, 0.29) is 12.6 Å². The number of urea groups is 1. The van der Waals surface area contributed by atoms with Gasteiger partial charge in [-0.25, -0.2) is 18.0 Å². The number of morpholine rings is 1. The zero-order valence-corrected chi connectivity index (χ0v) is 14.6. The van der Waals surface area contributed by atoms with Gasteiger partial charge in [0, 0.05) is 26.2 Å². The standard InChI is InChI=1S/C19H20F3N3O2/c20-15-6-7-16(18(22)17(15)21)24-19(26)23-10-14-12-25(8-9-27-14)11-13-4-2-1-3-5-13/h1-7,14H,8-12H2,(H2,23,24,26). The number of ether oxygens (including phenoxy) is 1. The van der Waals surface area contributed by atoms with E-state index in [4.69, 9.17) is 4.74 Å². The first-order valence-electron chi connectivity index (χ1n) is 8.59. The van der Waals surface area contributed by atoms with Gasteiger partial charge < -0.3 is 15.4 Å². The average molecular weight is 379 g/mol. The average Bonchev–Trinajstić information content (AvgIpc) is 2.68. The lowest BCUT2D eigenvalue weighted by molar-refractivity contribution is -0.0285. The molecule has 0 aromatic heterocycles. The third kappa shape index (κ3) is 5.21. The highest BCUT2D eigenvalue weighted by atomic mass is 19.2. The summed E-state index contributed by atoms with van der Waals surface area (Å²) in [6.45, 7) is 2.96. The van der Waals surface area contributed by atoms with Gasteiger partial charge in [-0.05, 0) is 17.7 Å². The molecule has 2 N–H and O–H groups in total. The Balaban J connectivity index is 1.48. The minimum absolute atomic E-state index is 0.211. The molecule has 27 heavy (non-hydrogen) atoms. The van der Waals surface area contributed by atoms with Crippen molar-refractivity contribution in [2.75, 3.05) is 31.6 Å². The van der Waals surface area contributed by atoms with Crippen LogP contribution in [0.1, 0.15) is 5.56 Å². The summed E-state index contributed by atoms with van der Waals surface area (Å²) in [6, 6.07) is 11.0. The van der Waals surface area contributed by atoms with Gasteiger partial charge in [0.05, 0.1) is 18.4 Å². The fourth-order valence-electron chi connectivity index (χ4n) is 2.88. The van der Waals surface area contributed by atoms with Crippen molar-refractivity contribution >= 4 is 11.7 Å². The van der Waals surface area contributed by atoms with Gasteiger partial charge in [0.2, 0.25) is 0 Å². The van der Waals surface area contributed by atoms with Gasteiger partial charge >= 0.3 is 6.03 Å². The number of rotatable bonds is 5. The van der Waals surface area contributed by atoms with Crippen LogP contribution in [-0.2, 0) is 11.3 Å². The Kier molecular flexibility index (Phi) is 6.31. The molecule has 2 aromatic carbocycles. The Morgan fingerprint density at radius 2 is 1.89 bits per heavy atom. The van der Waals surface area contributed by atoms with Crippen LogP contribution in [0.3, 0.4) is 0 Å². The zero-order chi connectivity index (χ0) is 19.2. The highest BCUT2D eigenvalue weighted by Gasteiger charge is 2.21. The van der Waals surface area contributed by atoms with Crippen LogP contribution in [-0.4, -0.2) is 43.3 Å². The summed E-state index contributed by atoms with van der Waals surface area (Å²) in [4.78, 5) is 14.1. The first-order chi connectivity index (χ1) is 13.0. The Bertz CT molecular complexity index is 789. The van der Waals surface area contributed by atoms with Crippen molar-refractivity contribution in [3.05, 3.63) is 65.5 Å². The van der Waals surface area contributed by atoms with Crippen molar-refractivity contribution in [3.63, 3.8) is 0 Å². The third-order valence-electron chi connectivity index (χ3n) is 4.25. The van der Waals surface area contributed by atoms with E-state index in [9.17, 15) is 18.0 Å². The molecule has 3 rings (SSSR count). The van der Waals surface area contributed by atoms with Crippen molar-refractivity contribution in [1.82, 2.24) is 10.2 Å². The predicted octanol–water partition coefficient (Wildman–Crippen LogP) is 3.13. The molecule has 5 nitrogen and oxygen atoms in total. The van der Waals surface area contributed by atoms with Crippen molar-refractivity contribution in [2.24, 2.45) is 0 Å². The molecule has 144 valence electrons. The summed E-state index contributed by atoms with van der Waals surface area (Å²) < 4.78 is 45.3. The van der Waals surface area contributed by atoms with Gasteiger partial charge in [0.1, 0.15) is 0 Å². The largest absolute Gasteiger partial charge is 0.374 e. The number of halogens is 3. The molecule has 1 heterocycles. The molecule has 0 spiro atoms. The van der Waals surface area contributed by atoms with E-state index in [0.29, 0.717) is 13.2 Å². The number of hydrogen-bond donors (Lipinski definition) is 2. The van der Waals surface area contributed by atoms with Gasteiger partial charge in [0.15, 0.2) is 17.5 Å². The smallest absolute Gasteiger partial charge is 0.319 e. The van der Waals surface area contributed by atoms with Gasteiger partial charge in [-0.1, -0.05) is 30.3 Å². The SMILES string of the molecule is O=C(NCC1CN(Cc2ccccc2)CCO1)Nc1ccc(F)c(F)c1F. The van der Waals surface area contributed by atoms with E-state index in [0.717, 1.165) is 25.2 Å². The van der Waals surface area contributed by atoms with Crippen LogP contribution in [0.25, 0.3) is 0 Å². The monoisotopic (exact) mass is 379 g/mol. The molecule has 2 amide bonds. The van der Waals surface area contributed by atoms with Crippen LogP contribution in [0.15, 0.2) is 42.5 Å². The van der Waals surface area contributed by atoms with Crippen LogP contribution < -0.4 is 10.6 Å². The third-order valence-corrected chi connectivity index (χ3v) is 4.25. The maximum absolute atomic E-state index is 13.6. The molecular weight excluding hydrogens is 359 g/mol. The fourth-order valence-corrected chi connectivity index (χ4v) is 2.88. The molecule has 1 aliphatic heterocycles. The van der Waals surface area contributed by atoms with Crippen LogP contribution in [0, 0.1) is 17.5 Å². The number of amides is 2. The number of hydrogen-bond acceptors (Lipinski definition) is 3. The number of benzene rings is 2. The minimum atomic E-state index is -1.63. The minimum Gasteiger partial charge on any atom is -0.374 e. The van der Waals surface area contributed by atoms with E-state index >= 15 is 0 Å². The van der Waals surface area contributed by atoms with E-state index in [2.05, 4.69) is 15.5 Å². The molecule has 1 unspecified atom stereocenters. The van der Waals surface area contributed by atoms with Crippen molar-refractivity contribution in [3.8, 4) is 0 Å². The summed E-state index contributed by atoms with van der Waals surface area (Å²) in [5, 5.41) is 4.73. The summed E-state index contributed by atoms with van der Waals surface area (Å²) in [7, 11) is 0. The van der Waals surface area contributed by atoms with Crippen LogP contribution in [0.5, 0.6) is 0 Å². The Morgan fingerprint density at radius 3 is 2.67 bits per heavy atom. The van der Waals surface area contributed by atoms with Crippen LogP contribution in [0.2, 0.25) is 0 Å². The zero-order valence-electron chi connectivity index (χ0n) is 14.6. The number of carbonyl (C=O) groups is 1.